The van der Waals surface area contributed by atoms with Gasteiger partial charge in [0, 0.05) is 0 Å². The van der Waals surface area contributed by atoms with Crippen molar-refractivity contribution in [3.8, 4) is 0 Å². The second kappa shape index (κ2) is 12.2. The first kappa shape index (κ1) is 22.8. The summed E-state index contributed by atoms with van der Waals surface area (Å²) in [7, 11) is 0. The first-order valence-corrected chi connectivity index (χ1v) is 9.25. The smallest absolute Gasteiger partial charge is 0.324 e. The lowest BCUT2D eigenvalue weighted by Crippen LogP contribution is -2.10. The molecule has 2 aromatic rings. The van der Waals surface area contributed by atoms with E-state index in [2.05, 4.69) is 15.9 Å². The van der Waals surface area contributed by atoms with E-state index in [0.29, 0.717) is 18.8 Å². The SMILES string of the molecule is CCOC(=O)C(Br)c1ccc(F)cc1.CCOC(=O)Cc1ccc(F)cc1. The van der Waals surface area contributed by atoms with Crippen molar-refractivity contribution in [3.63, 3.8) is 0 Å². The number of rotatable bonds is 6. The quantitative estimate of drug-likeness (QED) is 0.478. The minimum Gasteiger partial charge on any atom is -0.466 e. The number of hydrogen-bond acceptors (Lipinski definition) is 4. The third kappa shape index (κ3) is 8.77. The number of benzene rings is 2. The Balaban J connectivity index is 0.000000271. The maximum Gasteiger partial charge on any atom is 0.324 e. The van der Waals surface area contributed by atoms with Gasteiger partial charge in [0.2, 0.25) is 0 Å². The lowest BCUT2D eigenvalue weighted by atomic mass is 10.1. The van der Waals surface area contributed by atoms with E-state index in [4.69, 9.17) is 9.47 Å². The van der Waals surface area contributed by atoms with Crippen molar-refractivity contribution in [2.75, 3.05) is 13.2 Å². The first-order chi connectivity index (χ1) is 12.9. The van der Waals surface area contributed by atoms with E-state index in [9.17, 15) is 18.4 Å². The Morgan fingerprint density at radius 2 is 1.37 bits per heavy atom. The molecule has 0 aliphatic heterocycles. The lowest BCUT2D eigenvalue weighted by Gasteiger charge is -2.08. The Morgan fingerprint density at radius 1 is 0.889 bits per heavy atom. The normalized spacial score (nSPS) is 11.0. The fourth-order valence-corrected chi connectivity index (χ4v) is 2.40. The summed E-state index contributed by atoms with van der Waals surface area (Å²) in [6.07, 6.45) is 0.202. The van der Waals surface area contributed by atoms with Crippen LogP contribution in [0.4, 0.5) is 8.78 Å². The molecule has 1 unspecified atom stereocenters. The van der Waals surface area contributed by atoms with E-state index in [1.807, 2.05) is 0 Å². The maximum atomic E-state index is 12.6. The number of halogens is 3. The van der Waals surface area contributed by atoms with E-state index in [1.54, 1.807) is 38.1 Å². The van der Waals surface area contributed by atoms with Crippen molar-refractivity contribution in [2.45, 2.75) is 25.1 Å². The topological polar surface area (TPSA) is 52.6 Å². The summed E-state index contributed by atoms with van der Waals surface area (Å²) in [5.41, 5.74) is 1.45. The molecule has 0 aromatic heterocycles. The van der Waals surface area contributed by atoms with Gasteiger partial charge in [-0.15, -0.1) is 0 Å². The van der Waals surface area contributed by atoms with Gasteiger partial charge >= 0.3 is 11.9 Å². The van der Waals surface area contributed by atoms with Crippen LogP contribution in [0.1, 0.15) is 29.8 Å². The summed E-state index contributed by atoms with van der Waals surface area (Å²) >= 11 is 3.18. The molecule has 0 fully saturated rings. The van der Waals surface area contributed by atoms with Crippen LogP contribution in [0.25, 0.3) is 0 Å². The van der Waals surface area contributed by atoms with E-state index < -0.39 is 4.83 Å². The molecule has 0 saturated carbocycles. The van der Waals surface area contributed by atoms with Crippen LogP contribution in [0.15, 0.2) is 48.5 Å². The first-order valence-electron chi connectivity index (χ1n) is 8.33. The molecule has 4 nitrogen and oxygen atoms in total. The molecule has 0 bridgehead atoms. The second-order valence-electron chi connectivity index (χ2n) is 5.27. The molecule has 146 valence electrons. The molecule has 0 spiro atoms. The summed E-state index contributed by atoms with van der Waals surface area (Å²) < 4.78 is 34.6. The highest BCUT2D eigenvalue weighted by Gasteiger charge is 2.17. The number of esters is 2. The van der Waals surface area contributed by atoms with Gasteiger partial charge in [0.05, 0.1) is 19.6 Å². The van der Waals surface area contributed by atoms with Crippen LogP contribution in [0.3, 0.4) is 0 Å². The van der Waals surface area contributed by atoms with Crippen LogP contribution < -0.4 is 0 Å². The minimum atomic E-state index is -0.525. The van der Waals surface area contributed by atoms with Gasteiger partial charge in [0.25, 0.3) is 0 Å². The van der Waals surface area contributed by atoms with Crippen LogP contribution >= 0.6 is 15.9 Å². The fraction of sp³-hybridized carbons (Fsp3) is 0.300. The highest BCUT2D eigenvalue weighted by molar-refractivity contribution is 9.09. The van der Waals surface area contributed by atoms with Gasteiger partial charge in [-0.25, -0.2) is 8.78 Å². The summed E-state index contributed by atoms with van der Waals surface area (Å²) in [6, 6.07) is 11.5. The van der Waals surface area contributed by atoms with Gasteiger partial charge in [0.15, 0.2) is 0 Å². The molecular weight excluding hydrogens is 422 g/mol. The van der Waals surface area contributed by atoms with Crippen LogP contribution in [0.5, 0.6) is 0 Å². The van der Waals surface area contributed by atoms with Crippen molar-refractivity contribution in [3.05, 3.63) is 71.3 Å². The molecule has 2 rings (SSSR count). The molecule has 2 aromatic carbocycles. The van der Waals surface area contributed by atoms with Gasteiger partial charge in [-0.05, 0) is 49.2 Å². The molecule has 0 amide bonds. The zero-order valence-electron chi connectivity index (χ0n) is 15.1. The number of hydrogen-bond donors (Lipinski definition) is 0. The van der Waals surface area contributed by atoms with Crippen molar-refractivity contribution in [1.82, 2.24) is 0 Å². The van der Waals surface area contributed by atoms with Gasteiger partial charge in [-0.1, -0.05) is 40.2 Å². The number of alkyl halides is 1. The zero-order chi connectivity index (χ0) is 20.2. The summed E-state index contributed by atoms with van der Waals surface area (Å²) in [6.45, 7) is 4.20. The Kier molecular flexibility index (Phi) is 10.3. The van der Waals surface area contributed by atoms with Crippen molar-refractivity contribution in [1.29, 1.82) is 0 Å². The summed E-state index contributed by atoms with van der Waals surface area (Å²) in [5, 5.41) is 0. The van der Waals surface area contributed by atoms with Gasteiger partial charge in [-0.3, -0.25) is 9.59 Å². The molecule has 27 heavy (non-hydrogen) atoms. The van der Waals surface area contributed by atoms with Crippen LogP contribution in [-0.4, -0.2) is 25.2 Å². The fourth-order valence-electron chi connectivity index (χ4n) is 1.96. The molecule has 0 aliphatic rings. The summed E-state index contributed by atoms with van der Waals surface area (Å²) in [4.78, 5) is 21.7. The average molecular weight is 443 g/mol. The van der Waals surface area contributed by atoms with Crippen molar-refractivity contribution in [2.24, 2.45) is 0 Å². The minimum absolute atomic E-state index is 0.202. The van der Waals surface area contributed by atoms with Gasteiger partial charge in [-0.2, -0.15) is 0 Å². The van der Waals surface area contributed by atoms with Crippen molar-refractivity contribution < 1.29 is 27.8 Å². The zero-order valence-corrected chi connectivity index (χ0v) is 16.7. The molecular formula is C20H21BrF2O4. The Morgan fingerprint density at radius 3 is 1.85 bits per heavy atom. The lowest BCUT2D eigenvalue weighted by molar-refractivity contribution is -0.143. The standard InChI is InChI=1S/C10H10BrFO2.C10H11FO2/c1-2-14-10(13)9(11)7-3-5-8(12)6-4-7;1-2-13-10(12)7-8-3-5-9(11)6-4-8/h3-6,9H,2H2,1H3;3-6H,2,7H2,1H3. The largest absolute Gasteiger partial charge is 0.466 e. The van der Waals surface area contributed by atoms with Crippen LogP contribution in [-0.2, 0) is 25.5 Å². The molecule has 0 saturated heterocycles. The summed E-state index contributed by atoms with van der Waals surface area (Å²) in [5.74, 6) is -1.27. The Bertz CT molecular complexity index is 718. The highest BCUT2D eigenvalue weighted by Crippen LogP contribution is 2.24. The Hall–Kier alpha value is -2.28. The number of carbonyl (C=O) groups is 2. The van der Waals surface area contributed by atoms with Gasteiger partial charge < -0.3 is 9.47 Å². The molecule has 7 heteroatoms. The average Bonchev–Trinajstić information content (AvgIpc) is 2.64. The van der Waals surface area contributed by atoms with Gasteiger partial charge in [0.1, 0.15) is 16.5 Å². The molecule has 0 aliphatic carbocycles. The van der Waals surface area contributed by atoms with E-state index in [-0.39, 0.29) is 30.0 Å². The van der Waals surface area contributed by atoms with Crippen LogP contribution in [0, 0.1) is 11.6 Å². The van der Waals surface area contributed by atoms with E-state index in [0.717, 1.165) is 5.56 Å². The van der Waals surface area contributed by atoms with Crippen molar-refractivity contribution >= 4 is 27.9 Å². The molecule has 0 N–H and O–H groups in total. The highest BCUT2D eigenvalue weighted by atomic mass is 79.9. The predicted octanol–water partition coefficient (Wildman–Crippen LogP) is 4.76. The number of ether oxygens (including phenoxy) is 2. The van der Waals surface area contributed by atoms with E-state index in [1.165, 1.54) is 24.3 Å². The molecule has 1 atom stereocenters. The third-order valence-corrected chi connectivity index (χ3v) is 4.13. The maximum absolute atomic E-state index is 12.6. The Labute approximate surface area is 165 Å². The molecule has 0 heterocycles. The van der Waals surface area contributed by atoms with Crippen LogP contribution in [0.2, 0.25) is 0 Å². The predicted molar refractivity (Wildman–Crippen MR) is 101 cm³/mol. The number of carbonyl (C=O) groups excluding carboxylic acids is 2. The second-order valence-corrected chi connectivity index (χ2v) is 6.19. The molecule has 0 radical (unpaired) electrons. The third-order valence-electron chi connectivity index (χ3n) is 3.22. The van der Waals surface area contributed by atoms with E-state index >= 15 is 0 Å². The monoisotopic (exact) mass is 442 g/mol.